The summed E-state index contributed by atoms with van der Waals surface area (Å²) < 4.78 is 5.86. The normalized spacial score (nSPS) is 14.2. The summed E-state index contributed by atoms with van der Waals surface area (Å²) in [6.07, 6.45) is 7.28. The van der Waals surface area contributed by atoms with Crippen LogP contribution in [0.25, 0.3) is 10.9 Å². The highest BCUT2D eigenvalue weighted by Crippen LogP contribution is 2.23. The van der Waals surface area contributed by atoms with Crippen molar-refractivity contribution in [1.29, 1.82) is 5.26 Å². The van der Waals surface area contributed by atoms with Crippen molar-refractivity contribution in [3.05, 3.63) is 89.9 Å². The number of pyridine rings is 1. The third kappa shape index (κ3) is 5.82. The van der Waals surface area contributed by atoms with Gasteiger partial charge in [-0.05, 0) is 86.0 Å². The topological polar surface area (TPSA) is 68.2 Å². The van der Waals surface area contributed by atoms with Gasteiger partial charge in [-0.15, -0.1) is 0 Å². The third-order valence-corrected chi connectivity index (χ3v) is 6.75. The largest absolute Gasteiger partial charge is 0.487 e. The van der Waals surface area contributed by atoms with E-state index >= 15 is 0 Å². The maximum absolute atomic E-state index is 9.17. The molecule has 1 aliphatic heterocycles. The molecule has 3 heterocycles. The number of hydrogen-bond acceptors (Lipinski definition) is 5. The molecule has 1 N–H and O–H groups in total. The highest BCUT2D eigenvalue weighted by atomic mass is 16.5. The number of unbranched alkanes of at least 4 members (excludes halogenated alkanes) is 1. The van der Waals surface area contributed by atoms with Crippen LogP contribution < -0.4 is 9.64 Å². The summed E-state index contributed by atoms with van der Waals surface area (Å²) in [4.78, 5) is 12.7. The number of hydrogen-bond donors (Lipinski definition) is 1. The van der Waals surface area contributed by atoms with E-state index < -0.39 is 0 Å². The molecule has 2 aromatic heterocycles. The number of fused-ring (bicyclic) bond motifs is 1. The lowest BCUT2D eigenvalue weighted by atomic mass is 10.1. The Morgan fingerprint density at radius 3 is 2.60 bits per heavy atom. The van der Waals surface area contributed by atoms with Crippen LogP contribution in [0.4, 0.5) is 5.69 Å². The minimum absolute atomic E-state index is 0.486. The van der Waals surface area contributed by atoms with Crippen molar-refractivity contribution in [3.63, 3.8) is 0 Å². The predicted octanol–water partition coefficient (Wildman–Crippen LogP) is 5.16. The number of nitriles is 1. The van der Waals surface area contributed by atoms with Crippen LogP contribution in [0, 0.1) is 11.3 Å². The van der Waals surface area contributed by atoms with Gasteiger partial charge in [-0.3, -0.25) is 9.88 Å². The molecule has 6 heteroatoms. The number of ether oxygens (including phenoxy) is 1. The van der Waals surface area contributed by atoms with Gasteiger partial charge in [0.05, 0.1) is 17.3 Å². The molecule has 4 aromatic rings. The molecule has 0 atom stereocenters. The van der Waals surface area contributed by atoms with Crippen molar-refractivity contribution in [1.82, 2.24) is 14.9 Å². The van der Waals surface area contributed by atoms with E-state index in [4.69, 9.17) is 4.74 Å². The molecule has 0 radical (unpaired) electrons. The van der Waals surface area contributed by atoms with Crippen molar-refractivity contribution in [2.75, 3.05) is 37.6 Å². The van der Waals surface area contributed by atoms with Crippen LogP contribution in [0.15, 0.2) is 73.1 Å². The summed E-state index contributed by atoms with van der Waals surface area (Å²) in [6.45, 7) is 5.91. The number of benzene rings is 2. The first kappa shape index (κ1) is 22.9. The van der Waals surface area contributed by atoms with Crippen LogP contribution in [0.3, 0.4) is 0 Å². The van der Waals surface area contributed by atoms with Crippen LogP contribution in [0.1, 0.15) is 29.7 Å². The molecule has 0 aliphatic carbocycles. The van der Waals surface area contributed by atoms with Crippen LogP contribution >= 0.6 is 0 Å². The number of piperazine rings is 1. The van der Waals surface area contributed by atoms with Gasteiger partial charge in [-0.25, -0.2) is 0 Å². The molecular formula is C29H31N5O. The number of aromatic amines is 1. The van der Waals surface area contributed by atoms with Crippen molar-refractivity contribution >= 4 is 16.6 Å². The highest BCUT2D eigenvalue weighted by molar-refractivity contribution is 5.84. The Kier molecular flexibility index (Phi) is 7.26. The van der Waals surface area contributed by atoms with E-state index in [0.717, 1.165) is 68.1 Å². The SMILES string of the molecule is N#Cc1ccc2[nH]cc(CCCCN3CCN(c4ccc(OCc5ccccn5)cc4)CC3)c2c1. The number of rotatable bonds is 9. The van der Waals surface area contributed by atoms with Gasteiger partial charge in [0, 0.05) is 55.2 Å². The zero-order valence-electron chi connectivity index (χ0n) is 20.0. The Hall–Kier alpha value is -3.82. The zero-order valence-corrected chi connectivity index (χ0v) is 20.0. The second-order valence-electron chi connectivity index (χ2n) is 9.08. The van der Waals surface area contributed by atoms with Gasteiger partial charge >= 0.3 is 0 Å². The fraction of sp³-hybridized carbons (Fsp3) is 0.310. The van der Waals surface area contributed by atoms with Gasteiger partial charge in [0.1, 0.15) is 12.4 Å². The van der Waals surface area contributed by atoms with Crippen molar-refractivity contribution < 1.29 is 4.74 Å². The minimum Gasteiger partial charge on any atom is -0.487 e. The summed E-state index contributed by atoms with van der Waals surface area (Å²) in [7, 11) is 0. The maximum Gasteiger partial charge on any atom is 0.130 e. The average Bonchev–Trinajstić information content (AvgIpc) is 3.33. The smallest absolute Gasteiger partial charge is 0.130 e. The molecule has 0 bridgehead atoms. The Bertz CT molecular complexity index is 1270. The molecule has 5 rings (SSSR count). The molecule has 0 spiro atoms. The third-order valence-electron chi connectivity index (χ3n) is 6.75. The molecule has 1 saturated heterocycles. The van der Waals surface area contributed by atoms with Crippen LogP contribution in [-0.2, 0) is 13.0 Å². The summed E-state index contributed by atoms with van der Waals surface area (Å²) in [6, 6.07) is 22.4. The summed E-state index contributed by atoms with van der Waals surface area (Å²) >= 11 is 0. The fourth-order valence-electron chi connectivity index (χ4n) is 4.73. The standard InChI is InChI=1S/C29H31N5O/c30-20-23-7-12-29-28(19-23)24(21-32-29)5-2-4-14-33-15-17-34(18-16-33)26-8-10-27(11-9-26)35-22-25-6-1-3-13-31-25/h1,3,6-13,19,21,32H,2,4-5,14-18,22H2. The number of aryl methyl sites for hydroxylation is 1. The molecule has 178 valence electrons. The van der Waals surface area contributed by atoms with Crippen molar-refractivity contribution in [2.45, 2.75) is 25.9 Å². The van der Waals surface area contributed by atoms with Gasteiger partial charge in [-0.2, -0.15) is 5.26 Å². The molecule has 1 aliphatic rings. The lowest BCUT2D eigenvalue weighted by Gasteiger charge is -2.36. The van der Waals surface area contributed by atoms with Crippen molar-refractivity contribution in [2.24, 2.45) is 0 Å². The van der Waals surface area contributed by atoms with Gasteiger partial charge in [-0.1, -0.05) is 6.07 Å². The van der Waals surface area contributed by atoms with Gasteiger partial charge in [0.15, 0.2) is 0 Å². The Morgan fingerprint density at radius 2 is 1.83 bits per heavy atom. The van der Waals surface area contributed by atoms with Crippen LogP contribution in [0.2, 0.25) is 0 Å². The Morgan fingerprint density at radius 1 is 0.971 bits per heavy atom. The second kappa shape index (κ2) is 11.1. The van der Waals surface area contributed by atoms with E-state index in [9.17, 15) is 5.26 Å². The first-order valence-corrected chi connectivity index (χ1v) is 12.4. The summed E-state index contributed by atoms with van der Waals surface area (Å²) in [5.41, 5.74) is 5.34. The van der Waals surface area contributed by atoms with E-state index in [1.54, 1.807) is 6.20 Å². The Balaban J connectivity index is 1.03. The number of H-pyrrole nitrogens is 1. The number of anilines is 1. The van der Waals surface area contributed by atoms with Crippen molar-refractivity contribution in [3.8, 4) is 11.8 Å². The van der Waals surface area contributed by atoms with E-state index in [1.807, 2.05) is 36.4 Å². The van der Waals surface area contributed by atoms with Crippen LogP contribution in [0.5, 0.6) is 5.75 Å². The molecule has 2 aromatic carbocycles. The molecule has 0 unspecified atom stereocenters. The minimum atomic E-state index is 0.486. The lowest BCUT2D eigenvalue weighted by Crippen LogP contribution is -2.46. The Labute approximate surface area is 206 Å². The van der Waals surface area contributed by atoms with Gasteiger partial charge < -0.3 is 14.6 Å². The lowest BCUT2D eigenvalue weighted by molar-refractivity contribution is 0.253. The zero-order chi connectivity index (χ0) is 23.9. The average molecular weight is 466 g/mol. The molecule has 0 saturated carbocycles. The molecule has 0 amide bonds. The second-order valence-corrected chi connectivity index (χ2v) is 9.08. The van der Waals surface area contributed by atoms with Crippen LogP contribution in [-0.4, -0.2) is 47.6 Å². The van der Waals surface area contributed by atoms with Gasteiger partial charge in [0.2, 0.25) is 0 Å². The van der Waals surface area contributed by atoms with E-state index in [-0.39, 0.29) is 0 Å². The highest BCUT2D eigenvalue weighted by Gasteiger charge is 2.17. The number of nitrogens with one attached hydrogen (secondary N) is 1. The first-order chi connectivity index (χ1) is 17.3. The van der Waals surface area contributed by atoms with E-state index in [0.29, 0.717) is 6.61 Å². The first-order valence-electron chi connectivity index (χ1n) is 12.4. The monoisotopic (exact) mass is 465 g/mol. The quantitative estimate of drug-likeness (QED) is 0.346. The van der Waals surface area contributed by atoms with E-state index in [1.165, 1.54) is 23.1 Å². The molecule has 6 nitrogen and oxygen atoms in total. The fourth-order valence-corrected chi connectivity index (χ4v) is 4.73. The van der Waals surface area contributed by atoms with Gasteiger partial charge in [0.25, 0.3) is 0 Å². The molecular weight excluding hydrogens is 434 g/mol. The predicted molar refractivity (Wildman–Crippen MR) is 140 cm³/mol. The summed E-state index contributed by atoms with van der Waals surface area (Å²) in [5.74, 6) is 0.872. The molecule has 35 heavy (non-hydrogen) atoms. The number of aromatic nitrogens is 2. The summed E-state index contributed by atoms with van der Waals surface area (Å²) in [5, 5.41) is 10.4. The molecule has 1 fully saturated rings. The van der Waals surface area contributed by atoms with E-state index in [2.05, 4.69) is 56.3 Å². The number of nitrogens with zero attached hydrogens (tertiary/aromatic N) is 4. The maximum atomic E-state index is 9.17.